The molecule has 62 valence electrons. The fourth-order valence-electron chi connectivity index (χ4n) is 0.895. The maximum atomic E-state index is 5.68. The maximum Gasteiger partial charge on any atom is 0.0598 e. The van der Waals surface area contributed by atoms with Crippen molar-refractivity contribution in [3.05, 3.63) is 17.0 Å². The van der Waals surface area contributed by atoms with Crippen LogP contribution in [0.25, 0.3) is 0 Å². The lowest BCUT2D eigenvalue weighted by atomic mass is 10.2. The van der Waals surface area contributed by atoms with Gasteiger partial charge in [-0.1, -0.05) is 0 Å². The lowest BCUT2D eigenvalue weighted by Gasteiger charge is -1.99. The summed E-state index contributed by atoms with van der Waals surface area (Å²) in [5.74, 6) is 0. The van der Waals surface area contributed by atoms with Gasteiger partial charge < -0.3 is 5.73 Å². The molecule has 0 radical (unpaired) electrons. The van der Waals surface area contributed by atoms with Crippen molar-refractivity contribution in [2.45, 2.75) is 23.6 Å². The first-order valence-electron chi connectivity index (χ1n) is 3.60. The van der Waals surface area contributed by atoms with Crippen LogP contribution < -0.4 is 5.73 Å². The highest BCUT2D eigenvalue weighted by Crippen LogP contribution is 2.25. The second-order valence-corrected chi connectivity index (χ2v) is 4.88. The molecule has 0 amide bonds. The van der Waals surface area contributed by atoms with Crippen molar-refractivity contribution in [3.8, 4) is 0 Å². The van der Waals surface area contributed by atoms with Gasteiger partial charge in [-0.05, 0) is 31.7 Å². The van der Waals surface area contributed by atoms with Crippen LogP contribution in [0.15, 0.2) is 16.3 Å². The first-order chi connectivity index (χ1) is 5.22. The monoisotopic (exact) mass is 187 g/mol. The molecule has 2 N–H and O–H groups in total. The molecule has 1 aromatic heterocycles. The summed E-state index contributed by atoms with van der Waals surface area (Å²) in [6, 6.07) is 4.61. The zero-order chi connectivity index (χ0) is 8.27. The molecular formula is C8H13NS2. The van der Waals surface area contributed by atoms with E-state index in [0.29, 0.717) is 0 Å². The fraction of sp³-hybridized carbons (Fsp3) is 0.500. The smallest absolute Gasteiger partial charge is 0.0598 e. The lowest BCUT2D eigenvalue weighted by molar-refractivity contribution is 0.746. The van der Waals surface area contributed by atoms with Gasteiger partial charge in [0.15, 0.2) is 0 Å². The summed E-state index contributed by atoms with van der Waals surface area (Å²) in [5, 5.41) is 0. The van der Waals surface area contributed by atoms with Crippen molar-refractivity contribution >= 4 is 23.1 Å². The summed E-state index contributed by atoms with van der Waals surface area (Å²) < 4.78 is 1.38. The van der Waals surface area contributed by atoms with E-state index >= 15 is 0 Å². The summed E-state index contributed by atoms with van der Waals surface area (Å²) in [5.41, 5.74) is 5.68. The molecule has 1 aromatic rings. The maximum absolute atomic E-state index is 5.68. The van der Waals surface area contributed by atoms with E-state index in [9.17, 15) is 0 Å². The van der Waals surface area contributed by atoms with Gasteiger partial charge in [0.05, 0.1) is 4.21 Å². The molecule has 0 saturated heterocycles. The first kappa shape index (κ1) is 9.10. The predicted molar refractivity (Wildman–Crippen MR) is 53.5 cm³/mol. The third-order valence-corrected chi connectivity index (χ3v) is 3.55. The van der Waals surface area contributed by atoms with Crippen LogP contribution in [0.1, 0.15) is 11.8 Å². The lowest BCUT2D eigenvalue weighted by Crippen LogP contribution is -2.16. The molecule has 1 atom stereocenters. The Morgan fingerprint density at radius 2 is 2.36 bits per heavy atom. The summed E-state index contributed by atoms with van der Waals surface area (Å²) in [7, 11) is 0. The average Bonchev–Trinajstić information content (AvgIpc) is 2.34. The molecule has 0 saturated carbocycles. The Morgan fingerprint density at radius 3 is 2.82 bits per heavy atom. The van der Waals surface area contributed by atoms with Gasteiger partial charge in [-0.25, -0.2) is 0 Å². The van der Waals surface area contributed by atoms with Gasteiger partial charge in [0, 0.05) is 10.9 Å². The predicted octanol–water partition coefficient (Wildman–Crippen LogP) is 2.36. The van der Waals surface area contributed by atoms with Crippen LogP contribution in [-0.4, -0.2) is 12.3 Å². The van der Waals surface area contributed by atoms with E-state index in [0.717, 1.165) is 6.42 Å². The van der Waals surface area contributed by atoms with Crippen molar-refractivity contribution in [1.82, 2.24) is 0 Å². The van der Waals surface area contributed by atoms with E-state index in [2.05, 4.69) is 18.4 Å². The molecule has 0 aliphatic carbocycles. The highest BCUT2D eigenvalue weighted by atomic mass is 32.2. The molecule has 0 aromatic carbocycles. The fourth-order valence-corrected chi connectivity index (χ4v) is 2.63. The molecule has 1 nitrogen and oxygen atoms in total. The van der Waals surface area contributed by atoms with E-state index in [-0.39, 0.29) is 6.04 Å². The Morgan fingerprint density at radius 1 is 1.64 bits per heavy atom. The number of thioether (sulfide) groups is 1. The third-order valence-electron chi connectivity index (χ3n) is 1.36. The average molecular weight is 187 g/mol. The molecule has 0 bridgehead atoms. The van der Waals surface area contributed by atoms with E-state index in [1.165, 1.54) is 9.09 Å². The number of rotatable bonds is 3. The van der Waals surface area contributed by atoms with Crippen LogP contribution in [0.2, 0.25) is 0 Å². The quantitative estimate of drug-likeness (QED) is 0.735. The molecule has 0 fully saturated rings. The molecule has 11 heavy (non-hydrogen) atoms. The van der Waals surface area contributed by atoms with Gasteiger partial charge in [0.1, 0.15) is 0 Å². The minimum Gasteiger partial charge on any atom is -0.328 e. The number of thiophene rings is 1. The molecule has 1 rings (SSSR count). The number of nitrogens with two attached hydrogens (primary N) is 1. The minimum absolute atomic E-state index is 0.281. The van der Waals surface area contributed by atoms with Gasteiger partial charge in [-0.2, -0.15) is 0 Å². The molecular weight excluding hydrogens is 174 g/mol. The molecule has 0 aliphatic heterocycles. The van der Waals surface area contributed by atoms with E-state index < -0.39 is 0 Å². The zero-order valence-electron chi connectivity index (χ0n) is 6.83. The van der Waals surface area contributed by atoms with Crippen LogP contribution >= 0.6 is 23.1 Å². The summed E-state index contributed by atoms with van der Waals surface area (Å²) >= 11 is 3.64. The van der Waals surface area contributed by atoms with Crippen LogP contribution in [0, 0.1) is 0 Å². The molecule has 0 spiro atoms. The van der Waals surface area contributed by atoms with E-state index in [4.69, 9.17) is 5.73 Å². The zero-order valence-corrected chi connectivity index (χ0v) is 8.47. The van der Waals surface area contributed by atoms with E-state index in [1.807, 2.05) is 18.3 Å². The highest BCUT2D eigenvalue weighted by molar-refractivity contribution is 8.00. The van der Waals surface area contributed by atoms with Gasteiger partial charge in [0.2, 0.25) is 0 Å². The minimum atomic E-state index is 0.281. The second kappa shape index (κ2) is 4.14. The van der Waals surface area contributed by atoms with Crippen LogP contribution in [0.3, 0.4) is 0 Å². The van der Waals surface area contributed by atoms with Crippen LogP contribution in [0.4, 0.5) is 0 Å². The van der Waals surface area contributed by atoms with Crippen LogP contribution in [0.5, 0.6) is 0 Å². The summed E-state index contributed by atoms with van der Waals surface area (Å²) in [4.78, 5) is 1.39. The van der Waals surface area contributed by atoms with Gasteiger partial charge in [-0.15, -0.1) is 23.1 Å². The SMILES string of the molecule is CSc1ccc(C[C@@H](C)N)s1. The van der Waals surface area contributed by atoms with Crippen molar-refractivity contribution < 1.29 is 0 Å². The van der Waals surface area contributed by atoms with Crippen molar-refractivity contribution in [2.75, 3.05) is 6.26 Å². The second-order valence-electron chi connectivity index (χ2n) is 2.61. The van der Waals surface area contributed by atoms with Gasteiger partial charge in [-0.3, -0.25) is 0 Å². The van der Waals surface area contributed by atoms with Crippen molar-refractivity contribution in [1.29, 1.82) is 0 Å². The largest absolute Gasteiger partial charge is 0.328 e. The standard InChI is InChI=1S/C8H13NS2/c1-6(9)5-7-3-4-8(10-2)11-7/h3-4,6H,5,9H2,1-2H3/t6-/m1/s1. The molecule has 0 aliphatic rings. The topological polar surface area (TPSA) is 26.0 Å². The summed E-state index contributed by atoms with van der Waals surface area (Å²) in [6.45, 7) is 2.04. The molecule has 0 unspecified atom stereocenters. The van der Waals surface area contributed by atoms with Crippen molar-refractivity contribution in [2.24, 2.45) is 5.73 Å². The highest BCUT2D eigenvalue weighted by Gasteiger charge is 2.00. The first-order valence-corrected chi connectivity index (χ1v) is 5.65. The number of hydrogen-bond acceptors (Lipinski definition) is 3. The van der Waals surface area contributed by atoms with E-state index in [1.54, 1.807) is 11.8 Å². The Balaban J connectivity index is 2.58. The van der Waals surface area contributed by atoms with Gasteiger partial charge in [0.25, 0.3) is 0 Å². The summed E-state index contributed by atoms with van der Waals surface area (Å²) in [6.07, 6.45) is 3.10. The number of hydrogen-bond donors (Lipinski definition) is 1. The molecule has 1 heterocycles. The van der Waals surface area contributed by atoms with Gasteiger partial charge >= 0.3 is 0 Å². The normalized spacial score (nSPS) is 13.4. The molecule has 3 heteroatoms. The Kier molecular flexibility index (Phi) is 3.43. The third kappa shape index (κ3) is 2.85. The van der Waals surface area contributed by atoms with Crippen molar-refractivity contribution in [3.63, 3.8) is 0 Å². The Bertz CT molecular complexity index is 218. The van der Waals surface area contributed by atoms with Crippen LogP contribution in [-0.2, 0) is 6.42 Å². The Hall–Kier alpha value is 0.01000. The Labute approximate surface area is 76.0 Å².